The second kappa shape index (κ2) is 7.33. The van der Waals surface area contributed by atoms with Gasteiger partial charge in [0.05, 0.1) is 0 Å². The van der Waals surface area contributed by atoms with Crippen LogP contribution in [0.25, 0.3) is 0 Å². The fourth-order valence-corrected chi connectivity index (χ4v) is 4.18. The third kappa shape index (κ3) is 3.57. The van der Waals surface area contributed by atoms with Gasteiger partial charge in [0.2, 0.25) is 5.91 Å². The van der Waals surface area contributed by atoms with Crippen molar-refractivity contribution < 1.29 is 14.4 Å². The van der Waals surface area contributed by atoms with Crippen LogP contribution in [0.4, 0.5) is 4.79 Å². The molecule has 1 aliphatic heterocycles. The van der Waals surface area contributed by atoms with Crippen molar-refractivity contribution in [2.24, 2.45) is 0 Å². The van der Waals surface area contributed by atoms with Crippen LogP contribution in [0.3, 0.4) is 0 Å². The smallest absolute Gasteiger partial charge is 0.327 e. The van der Waals surface area contributed by atoms with E-state index in [9.17, 15) is 14.4 Å². The van der Waals surface area contributed by atoms with E-state index in [0.717, 1.165) is 29.7 Å². The van der Waals surface area contributed by atoms with Gasteiger partial charge in [-0.15, -0.1) is 0 Å². The highest BCUT2D eigenvalue weighted by Gasteiger charge is 2.55. The van der Waals surface area contributed by atoms with E-state index in [0.29, 0.717) is 19.4 Å². The number of hydrogen-bond donors (Lipinski definition) is 1. The summed E-state index contributed by atoms with van der Waals surface area (Å²) in [4.78, 5) is 40.7. The highest BCUT2D eigenvalue weighted by Crippen LogP contribution is 2.39. The number of imide groups is 1. The Bertz CT molecular complexity index is 723. The quantitative estimate of drug-likeness (QED) is 0.809. The van der Waals surface area contributed by atoms with E-state index in [1.165, 1.54) is 0 Å². The molecule has 6 nitrogen and oxygen atoms in total. The fourth-order valence-electron chi connectivity index (χ4n) is 4.18. The van der Waals surface area contributed by atoms with E-state index in [4.69, 9.17) is 0 Å². The zero-order chi connectivity index (χ0) is 19.7. The lowest BCUT2D eigenvalue weighted by Crippen LogP contribution is -2.49. The average Bonchev–Trinajstić information content (AvgIpc) is 2.84. The van der Waals surface area contributed by atoms with Crippen LogP contribution in [0.5, 0.6) is 0 Å². The lowest BCUT2D eigenvalue weighted by molar-refractivity contribution is -0.137. The summed E-state index contributed by atoms with van der Waals surface area (Å²) < 4.78 is 0. The van der Waals surface area contributed by atoms with Gasteiger partial charge in [-0.25, -0.2) is 4.79 Å². The van der Waals surface area contributed by atoms with Crippen LogP contribution in [0.1, 0.15) is 51.5 Å². The molecule has 4 amide bonds. The van der Waals surface area contributed by atoms with Gasteiger partial charge in [0.1, 0.15) is 12.1 Å². The van der Waals surface area contributed by atoms with E-state index in [1.807, 2.05) is 30.3 Å². The number of hydrogen-bond acceptors (Lipinski definition) is 3. The second-order valence-electron chi connectivity index (χ2n) is 8.35. The summed E-state index contributed by atoms with van der Waals surface area (Å²) in [6.45, 7) is 4.33. The monoisotopic (exact) mass is 371 g/mol. The number of nitrogens with zero attached hydrogens (tertiary/aromatic N) is 2. The van der Waals surface area contributed by atoms with E-state index < -0.39 is 5.54 Å². The molecular weight excluding hydrogens is 342 g/mol. The largest absolute Gasteiger partial charge is 0.354 e. The van der Waals surface area contributed by atoms with Crippen LogP contribution in [0.2, 0.25) is 0 Å². The van der Waals surface area contributed by atoms with Crippen molar-refractivity contribution in [3.63, 3.8) is 0 Å². The molecule has 2 fully saturated rings. The number of carbonyl (C=O) groups is 3. The summed E-state index contributed by atoms with van der Waals surface area (Å²) in [6.07, 6.45) is 4.34. The molecule has 0 atom stereocenters. The summed E-state index contributed by atoms with van der Waals surface area (Å²) in [6, 6.07) is 9.60. The highest BCUT2D eigenvalue weighted by atomic mass is 16.2. The number of rotatable bonds is 5. The molecule has 27 heavy (non-hydrogen) atoms. The van der Waals surface area contributed by atoms with Gasteiger partial charge >= 0.3 is 6.03 Å². The van der Waals surface area contributed by atoms with Crippen molar-refractivity contribution in [2.45, 2.75) is 56.9 Å². The van der Waals surface area contributed by atoms with Gasteiger partial charge in [-0.05, 0) is 18.4 Å². The van der Waals surface area contributed by atoms with Gasteiger partial charge in [-0.2, -0.15) is 0 Å². The predicted molar refractivity (Wildman–Crippen MR) is 103 cm³/mol. The molecule has 1 N–H and O–H groups in total. The highest BCUT2D eigenvalue weighted by molar-refractivity contribution is 6.08. The summed E-state index contributed by atoms with van der Waals surface area (Å²) >= 11 is 0. The van der Waals surface area contributed by atoms with Crippen LogP contribution in [0, 0.1) is 0 Å². The van der Waals surface area contributed by atoms with E-state index in [2.05, 4.69) is 19.2 Å². The van der Waals surface area contributed by atoms with Crippen LogP contribution in [-0.4, -0.2) is 53.3 Å². The molecule has 1 spiro atoms. The van der Waals surface area contributed by atoms with Crippen molar-refractivity contribution in [1.29, 1.82) is 0 Å². The molecule has 0 unspecified atom stereocenters. The van der Waals surface area contributed by atoms with Crippen LogP contribution in [0.15, 0.2) is 30.3 Å². The third-order valence-electron chi connectivity index (χ3n) is 6.07. The number of nitrogens with one attached hydrogen (secondary N) is 1. The summed E-state index contributed by atoms with van der Waals surface area (Å²) in [7, 11) is 1.68. The van der Waals surface area contributed by atoms with Gasteiger partial charge < -0.3 is 10.2 Å². The zero-order valence-corrected chi connectivity index (χ0v) is 16.5. The number of benzene rings is 1. The molecule has 1 saturated heterocycles. The fraction of sp³-hybridized carbons (Fsp3) is 0.571. The van der Waals surface area contributed by atoms with Gasteiger partial charge in [0.25, 0.3) is 5.91 Å². The van der Waals surface area contributed by atoms with Crippen LogP contribution in [-0.2, 0) is 15.0 Å². The molecular formula is C21H29N3O3. The van der Waals surface area contributed by atoms with Gasteiger partial charge in [-0.3, -0.25) is 14.5 Å². The molecule has 146 valence electrons. The minimum atomic E-state index is -0.737. The first-order valence-electron chi connectivity index (χ1n) is 9.70. The molecule has 3 rings (SSSR count). The van der Waals surface area contributed by atoms with E-state index >= 15 is 0 Å². The Labute approximate surface area is 160 Å². The van der Waals surface area contributed by atoms with Gasteiger partial charge in [0, 0.05) is 19.0 Å². The third-order valence-corrected chi connectivity index (χ3v) is 6.07. The average molecular weight is 371 g/mol. The lowest BCUT2D eigenvalue weighted by atomic mass is 9.81. The summed E-state index contributed by atoms with van der Waals surface area (Å²) in [5.74, 6) is -0.519. The predicted octanol–water partition coefficient (Wildman–Crippen LogP) is 2.68. The Morgan fingerprint density at radius 2 is 1.74 bits per heavy atom. The molecule has 6 heteroatoms. The van der Waals surface area contributed by atoms with Gasteiger partial charge in [0.15, 0.2) is 0 Å². The van der Waals surface area contributed by atoms with E-state index in [-0.39, 0.29) is 29.8 Å². The minimum absolute atomic E-state index is 0.214. The number of amides is 4. The van der Waals surface area contributed by atoms with Crippen molar-refractivity contribution >= 4 is 17.8 Å². The number of carbonyl (C=O) groups excluding carboxylic acids is 3. The Morgan fingerprint density at radius 3 is 2.37 bits per heavy atom. The van der Waals surface area contributed by atoms with Crippen molar-refractivity contribution in [1.82, 2.24) is 15.1 Å². The second-order valence-corrected chi connectivity index (χ2v) is 8.35. The van der Waals surface area contributed by atoms with E-state index in [1.54, 1.807) is 11.9 Å². The normalized spacial score (nSPS) is 19.7. The maximum Gasteiger partial charge on any atom is 0.327 e. The first kappa shape index (κ1) is 19.4. The SMILES string of the molecule is CN1C(=O)N(CC(=O)NCC(C)(C)c2ccccc2)C(=O)C12CCCCC2. The Kier molecular flexibility index (Phi) is 5.27. The first-order valence-corrected chi connectivity index (χ1v) is 9.70. The maximum absolute atomic E-state index is 12.9. The molecule has 1 aliphatic carbocycles. The minimum Gasteiger partial charge on any atom is -0.354 e. The Morgan fingerprint density at radius 1 is 1.11 bits per heavy atom. The van der Waals surface area contributed by atoms with Crippen molar-refractivity contribution in [3.05, 3.63) is 35.9 Å². The Hall–Kier alpha value is -2.37. The molecule has 1 heterocycles. The molecule has 0 aromatic heterocycles. The standard InChI is InChI=1S/C21H29N3O3/c1-20(2,16-10-6-4-7-11-16)15-22-17(25)14-24-18(26)21(23(3)19(24)27)12-8-5-9-13-21/h4,6-7,10-11H,5,8-9,12-15H2,1-3H3,(H,22,25). The molecule has 0 radical (unpaired) electrons. The zero-order valence-electron chi connectivity index (χ0n) is 16.5. The Balaban J connectivity index is 1.62. The number of urea groups is 1. The molecule has 0 bridgehead atoms. The lowest BCUT2D eigenvalue weighted by Gasteiger charge is -2.35. The van der Waals surface area contributed by atoms with Gasteiger partial charge in [-0.1, -0.05) is 63.4 Å². The van der Waals surface area contributed by atoms with Crippen molar-refractivity contribution in [2.75, 3.05) is 20.1 Å². The molecule has 1 aromatic carbocycles. The number of likely N-dealkylation sites (N-methyl/N-ethyl adjacent to an activating group) is 1. The van der Waals surface area contributed by atoms with Crippen molar-refractivity contribution in [3.8, 4) is 0 Å². The summed E-state index contributed by atoms with van der Waals surface area (Å²) in [5.41, 5.74) is 0.149. The topological polar surface area (TPSA) is 69.7 Å². The molecule has 1 saturated carbocycles. The van der Waals surface area contributed by atoms with Crippen LogP contribution >= 0.6 is 0 Å². The molecule has 1 aromatic rings. The first-order chi connectivity index (χ1) is 12.8. The van der Waals surface area contributed by atoms with Crippen LogP contribution < -0.4 is 5.32 Å². The summed E-state index contributed by atoms with van der Waals surface area (Å²) in [5, 5.41) is 2.89. The maximum atomic E-state index is 12.9. The molecule has 2 aliphatic rings.